The van der Waals surface area contributed by atoms with Gasteiger partial charge in [0.1, 0.15) is 11.6 Å². The van der Waals surface area contributed by atoms with Gasteiger partial charge < -0.3 is 10.4 Å². The van der Waals surface area contributed by atoms with Crippen LogP contribution in [0.25, 0.3) is 0 Å². The summed E-state index contributed by atoms with van der Waals surface area (Å²) in [6.07, 6.45) is 0.755. The van der Waals surface area contributed by atoms with E-state index in [1.165, 1.54) is 6.07 Å². The minimum absolute atomic E-state index is 0.114. The molecule has 2 N–H and O–H groups in total. The molecule has 0 spiro atoms. The summed E-state index contributed by atoms with van der Waals surface area (Å²) < 4.78 is 13.8. The molecule has 19 heavy (non-hydrogen) atoms. The molecule has 0 aliphatic carbocycles. The fourth-order valence-electron chi connectivity index (χ4n) is 2.17. The Balaban J connectivity index is 2.32. The molecular formula is C16H18FNO. The van der Waals surface area contributed by atoms with Crippen molar-refractivity contribution >= 4 is 5.69 Å². The molecule has 0 radical (unpaired) electrons. The average Bonchev–Trinajstić information content (AvgIpc) is 2.40. The number of phenolic OH excluding ortho intramolecular Hbond substituents is 1. The normalized spacial score (nSPS) is 12.2. The highest BCUT2D eigenvalue weighted by Crippen LogP contribution is 2.31. The highest BCUT2D eigenvalue weighted by molar-refractivity contribution is 5.54. The highest BCUT2D eigenvalue weighted by atomic mass is 19.1. The Morgan fingerprint density at radius 3 is 2.53 bits per heavy atom. The lowest BCUT2D eigenvalue weighted by Gasteiger charge is -2.21. The quantitative estimate of drug-likeness (QED) is 0.852. The Kier molecular flexibility index (Phi) is 4.05. The van der Waals surface area contributed by atoms with Crippen molar-refractivity contribution in [3.05, 3.63) is 59.4 Å². The lowest BCUT2D eigenvalue weighted by molar-refractivity contribution is 0.462. The third-order valence-corrected chi connectivity index (χ3v) is 3.26. The minimum Gasteiger partial charge on any atom is -0.508 e. The maximum Gasteiger partial charge on any atom is 0.146 e. The van der Waals surface area contributed by atoms with Crippen molar-refractivity contribution in [1.29, 1.82) is 0 Å². The molecule has 0 aromatic heterocycles. The Hall–Kier alpha value is -2.03. The number of para-hydroxylation sites is 2. The van der Waals surface area contributed by atoms with E-state index in [9.17, 15) is 9.50 Å². The summed E-state index contributed by atoms with van der Waals surface area (Å²) in [5, 5.41) is 13.1. The van der Waals surface area contributed by atoms with Gasteiger partial charge in [-0.15, -0.1) is 0 Å². The SMILES string of the molecule is CCC(Nc1c(C)cccc1F)c1ccccc1O. The summed E-state index contributed by atoms with van der Waals surface area (Å²) in [6, 6.07) is 12.0. The van der Waals surface area contributed by atoms with Crippen molar-refractivity contribution in [3.63, 3.8) is 0 Å². The summed E-state index contributed by atoms with van der Waals surface area (Å²) in [6.45, 7) is 3.86. The molecule has 0 aliphatic heterocycles. The first-order chi connectivity index (χ1) is 9.13. The molecule has 0 heterocycles. The third-order valence-electron chi connectivity index (χ3n) is 3.26. The van der Waals surface area contributed by atoms with Gasteiger partial charge in [0.2, 0.25) is 0 Å². The molecule has 100 valence electrons. The van der Waals surface area contributed by atoms with Gasteiger partial charge in [-0.3, -0.25) is 0 Å². The summed E-state index contributed by atoms with van der Waals surface area (Å²) in [5.41, 5.74) is 2.14. The molecule has 0 fully saturated rings. The van der Waals surface area contributed by atoms with Crippen LogP contribution in [-0.2, 0) is 0 Å². The molecule has 3 heteroatoms. The molecule has 0 saturated heterocycles. The van der Waals surface area contributed by atoms with Crippen molar-refractivity contribution in [2.45, 2.75) is 26.3 Å². The van der Waals surface area contributed by atoms with Gasteiger partial charge in [-0.05, 0) is 31.0 Å². The van der Waals surface area contributed by atoms with Crippen LogP contribution >= 0.6 is 0 Å². The van der Waals surface area contributed by atoms with Gasteiger partial charge in [0.15, 0.2) is 0 Å². The second-order valence-corrected chi connectivity index (χ2v) is 4.60. The molecule has 2 aromatic carbocycles. The minimum atomic E-state index is -0.270. The van der Waals surface area contributed by atoms with Crippen LogP contribution in [0.1, 0.15) is 30.5 Å². The maximum absolute atomic E-state index is 13.8. The fraction of sp³-hybridized carbons (Fsp3) is 0.250. The average molecular weight is 259 g/mol. The van der Waals surface area contributed by atoms with Gasteiger partial charge >= 0.3 is 0 Å². The predicted molar refractivity (Wildman–Crippen MR) is 75.9 cm³/mol. The Bertz CT molecular complexity index is 548. The molecule has 1 atom stereocenters. The molecule has 0 bridgehead atoms. The van der Waals surface area contributed by atoms with Crippen molar-refractivity contribution in [3.8, 4) is 5.75 Å². The molecule has 2 aromatic rings. The standard InChI is InChI=1S/C16H18FNO/c1-3-14(12-8-4-5-10-15(12)19)18-16-11(2)7-6-9-13(16)17/h4-10,14,18-19H,3H2,1-2H3. The second-order valence-electron chi connectivity index (χ2n) is 4.60. The monoisotopic (exact) mass is 259 g/mol. The van der Waals surface area contributed by atoms with Gasteiger partial charge in [-0.25, -0.2) is 4.39 Å². The number of hydrogen-bond acceptors (Lipinski definition) is 2. The first-order valence-electron chi connectivity index (χ1n) is 6.43. The third kappa shape index (κ3) is 2.87. The predicted octanol–water partition coefficient (Wildman–Crippen LogP) is 4.40. The van der Waals surface area contributed by atoms with Crippen LogP contribution in [0.3, 0.4) is 0 Å². The number of rotatable bonds is 4. The van der Waals surface area contributed by atoms with Crippen LogP contribution in [0, 0.1) is 12.7 Å². The van der Waals surface area contributed by atoms with E-state index < -0.39 is 0 Å². The molecular weight excluding hydrogens is 241 g/mol. The summed E-state index contributed by atoms with van der Waals surface area (Å²) >= 11 is 0. The van der Waals surface area contributed by atoms with E-state index in [2.05, 4.69) is 5.32 Å². The Labute approximate surface area is 112 Å². The van der Waals surface area contributed by atoms with Gasteiger partial charge in [-0.2, -0.15) is 0 Å². The van der Waals surface area contributed by atoms with Crippen molar-refractivity contribution in [2.75, 3.05) is 5.32 Å². The van der Waals surface area contributed by atoms with Gasteiger partial charge in [0, 0.05) is 5.56 Å². The van der Waals surface area contributed by atoms with E-state index >= 15 is 0 Å². The van der Waals surface area contributed by atoms with E-state index in [4.69, 9.17) is 0 Å². The summed E-state index contributed by atoms with van der Waals surface area (Å²) in [5.74, 6) is -0.0373. The van der Waals surface area contributed by atoms with E-state index in [0.717, 1.165) is 17.5 Å². The van der Waals surface area contributed by atoms with Crippen LogP contribution in [0.5, 0.6) is 5.75 Å². The molecule has 2 nitrogen and oxygen atoms in total. The van der Waals surface area contributed by atoms with Crippen LogP contribution < -0.4 is 5.32 Å². The van der Waals surface area contributed by atoms with Crippen LogP contribution in [0.2, 0.25) is 0 Å². The van der Waals surface area contributed by atoms with Crippen molar-refractivity contribution < 1.29 is 9.50 Å². The molecule has 2 rings (SSSR count). The van der Waals surface area contributed by atoms with Crippen molar-refractivity contribution in [2.24, 2.45) is 0 Å². The number of benzene rings is 2. The highest BCUT2D eigenvalue weighted by Gasteiger charge is 2.15. The van der Waals surface area contributed by atoms with E-state index in [1.54, 1.807) is 18.2 Å². The van der Waals surface area contributed by atoms with Gasteiger partial charge in [0.25, 0.3) is 0 Å². The smallest absolute Gasteiger partial charge is 0.146 e. The number of aromatic hydroxyl groups is 1. The largest absolute Gasteiger partial charge is 0.508 e. The Morgan fingerprint density at radius 1 is 1.16 bits per heavy atom. The van der Waals surface area contributed by atoms with E-state index in [-0.39, 0.29) is 17.6 Å². The zero-order chi connectivity index (χ0) is 13.8. The zero-order valence-corrected chi connectivity index (χ0v) is 11.2. The second kappa shape index (κ2) is 5.74. The summed E-state index contributed by atoms with van der Waals surface area (Å²) in [4.78, 5) is 0. The zero-order valence-electron chi connectivity index (χ0n) is 11.2. The first-order valence-corrected chi connectivity index (χ1v) is 6.43. The van der Waals surface area contributed by atoms with Crippen molar-refractivity contribution in [1.82, 2.24) is 0 Å². The van der Waals surface area contributed by atoms with Crippen LogP contribution in [-0.4, -0.2) is 5.11 Å². The summed E-state index contributed by atoms with van der Waals surface area (Å²) in [7, 11) is 0. The number of nitrogens with one attached hydrogen (secondary N) is 1. The lowest BCUT2D eigenvalue weighted by Crippen LogP contribution is -2.12. The topological polar surface area (TPSA) is 32.3 Å². The Morgan fingerprint density at radius 2 is 1.89 bits per heavy atom. The molecule has 1 unspecified atom stereocenters. The number of halogens is 1. The molecule has 0 aliphatic rings. The van der Waals surface area contributed by atoms with E-state index in [0.29, 0.717) is 5.69 Å². The molecule has 0 saturated carbocycles. The van der Waals surface area contributed by atoms with Crippen LogP contribution in [0.15, 0.2) is 42.5 Å². The number of phenols is 1. The van der Waals surface area contributed by atoms with Crippen LogP contribution in [0.4, 0.5) is 10.1 Å². The molecule has 0 amide bonds. The first kappa shape index (κ1) is 13.4. The van der Waals surface area contributed by atoms with Gasteiger partial charge in [0.05, 0.1) is 11.7 Å². The number of aryl methyl sites for hydroxylation is 1. The fourth-order valence-corrected chi connectivity index (χ4v) is 2.17. The number of hydrogen-bond donors (Lipinski definition) is 2. The maximum atomic E-state index is 13.8. The van der Waals surface area contributed by atoms with E-state index in [1.807, 2.05) is 32.0 Å². The number of anilines is 1. The lowest BCUT2D eigenvalue weighted by atomic mass is 10.0. The van der Waals surface area contributed by atoms with Gasteiger partial charge in [-0.1, -0.05) is 37.3 Å².